The van der Waals surface area contributed by atoms with E-state index in [9.17, 15) is 0 Å². The van der Waals surface area contributed by atoms with Gasteiger partial charge in [-0.05, 0) is 143 Å². The van der Waals surface area contributed by atoms with E-state index in [1.54, 1.807) is 0 Å². The maximum Gasteiger partial charge on any atom is 1.00 e. The third-order valence-electron chi connectivity index (χ3n) is 18.4. The molecule has 528 valence electrons. The molecule has 0 saturated heterocycles. The number of nitrogens with zero attached hydrogens (tertiary/aromatic N) is 2. The normalized spacial score (nSPS) is 10.4. The van der Waals surface area contributed by atoms with E-state index in [1.807, 2.05) is 109 Å². The van der Waals surface area contributed by atoms with Gasteiger partial charge in [0.1, 0.15) is 24.6 Å². The maximum absolute atomic E-state index is 7.38. The van der Waals surface area contributed by atoms with Crippen LogP contribution >= 0.6 is 31.7 Å². The second-order valence-corrected chi connectivity index (χ2v) is 35.1. The van der Waals surface area contributed by atoms with Crippen LogP contribution in [-0.2, 0) is 89.5 Å². The van der Waals surface area contributed by atoms with Crippen LogP contribution in [0, 0.1) is 49.4 Å². The summed E-state index contributed by atoms with van der Waals surface area (Å²) < 4.78 is 4.40. The number of benzene rings is 14. The van der Waals surface area contributed by atoms with Gasteiger partial charge in [-0.1, -0.05) is 206 Å². The Morgan fingerprint density at radius 1 is 0.198 bits per heavy atom. The number of rotatable bonds is 16. The molecule has 0 atom stereocenters. The van der Waals surface area contributed by atoms with E-state index in [1.165, 1.54) is 67.1 Å². The molecule has 0 fully saturated rings. The summed E-state index contributed by atoms with van der Waals surface area (Å²) in [4.78, 5) is 0. The number of hydrogen-bond acceptors (Lipinski definition) is 0. The molecule has 2 heterocycles. The first-order valence-electron chi connectivity index (χ1n) is 34.3. The summed E-state index contributed by atoms with van der Waals surface area (Å²) in [6, 6.07) is 133. The average Bonchev–Trinajstić information content (AvgIpc) is 1.60. The van der Waals surface area contributed by atoms with Gasteiger partial charge in [0.2, 0.25) is 0 Å². The van der Waals surface area contributed by atoms with Crippen LogP contribution in [0.15, 0.2) is 376 Å². The van der Waals surface area contributed by atoms with Crippen molar-refractivity contribution in [3.63, 3.8) is 0 Å². The summed E-state index contributed by atoms with van der Waals surface area (Å²) in [5.74, 6) is 9.80. The summed E-state index contributed by atoms with van der Waals surface area (Å²) >= 11 is 0. The predicted molar refractivity (Wildman–Crippen MR) is 448 cm³/mol. The second-order valence-electron chi connectivity index (χ2n) is 24.6. The monoisotopic (exact) mass is 2170 g/mol. The van der Waals surface area contributed by atoms with Gasteiger partial charge in [0.15, 0.2) is 0 Å². The van der Waals surface area contributed by atoms with Crippen molar-refractivity contribution in [2.75, 3.05) is 24.6 Å². The molecule has 0 radical (unpaired) electrons. The van der Waals surface area contributed by atoms with Crippen LogP contribution in [0.25, 0.3) is 55.0 Å². The van der Waals surface area contributed by atoms with E-state index < -0.39 is 31.7 Å². The first kappa shape index (κ1) is 81.7. The zero-order valence-electron chi connectivity index (χ0n) is 57.7. The number of hydrogen-bond donors (Lipinski definition) is 0. The standard InChI is InChI=1S/2C26H24P2.2C22H11N.4Au/c2*1-5-13-23(14-6-1)27(24-15-7-2-8-16-24)21-22-28(25-17-9-3-10-18-25)26-19-11-4-12-20-26;2*1-3-16-10-12-21-19(14-16)20-15-17(4-2)11-13-22(20)23(21)18-8-6-5-7-9-18;;;;/h2*1-20H,21-22H2;2*5-15H;;;;/q;;2*-2;4*+1/p+4. The van der Waals surface area contributed by atoms with Gasteiger partial charge in [0.05, 0.1) is 96.2 Å². The molecule has 0 amide bonds. The molecule has 106 heavy (non-hydrogen) atoms. The minimum absolute atomic E-state index is 0. The fraction of sp³-hybridized carbons (Fsp3) is 0.0417. The molecule has 10 heteroatoms. The molecular formula is C96H74Au4N2P4+4. The van der Waals surface area contributed by atoms with Gasteiger partial charge in [0.25, 0.3) is 0 Å². The summed E-state index contributed by atoms with van der Waals surface area (Å²) in [5.41, 5.74) is 9.46. The molecule has 0 aliphatic rings. The molecule has 16 aromatic rings. The Balaban J connectivity index is 0.000000162. The van der Waals surface area contributed by atoms with Crippen molar-refractivity contribution >= 4 is 118 Å². The van der Waals surface area contributed by atoms with E-state index in [2.05, 4.69) is 300 Å². The van der Waals surface area contributed by atoms with Crippen molar-refractivity contribution in [1.29, 1.82) is 0 Å². The predicted octanol–water partition coefficient (Wildman–Crippen LogP) is 18.7. The van der Waals surface area contributed by atoms with Gasteiger partial charge in [0, 0.05) is 11.4 Å². The topological polar surface area (TPSA) is 9.86 Å². The first-order valence-corrected chi connectivity index (χ1v) is 41.1. The SMILES string of the molecule is [Au+].[Au+].[Au+].[Au+].[C-]#Cc1ccc2c(c1)c1cc(C#[C-])ccc1n2-c1ccccc1.[C-]#Cc1ccc2c(c1)c1cc(C#[C-])ccc1n2-c1ccccc1.c1ccc([PH+](CC[PH+](c2ccccc2)c2ccccc2)c2ccccc2)cc1.c1ccc([PH+](CC[PH+](c2ccccc2)c2ccccc2)c2ccccc2)cc1. The van der Waals surface area contributed by atoms with Crippen LogP contribution in [0.1, 0.15) is 22.3 Å². The van der Waals surface area contributed by atoms with Gasteiger partial charge in [-0.15, -0.1) is 70.8 Å². The van der Waals surface area contributed by atoms with Crippen LogP contribution in [0.5, 0.6) is 0 Å². The van der Waals surface area contributed by atoms with Gasteiger partial charge in [-0.25, -0.2) is 0 Å². The van der Waals surface area contributed by atoms with E-state index >= 15 is 0 Å². The largest absolute Gasteiger partial charge is 1.00 e. The van der Waals surface area contributed by atoms with Crippen molar-refractivity contribution in [1.82, 2.24) is 9.13 Å². The fourth-order valence-corrected chi connectivity index (χ4v) is 25.9. The molecule has 0 saturated carbocycles. The Morgan fingerprint density at radius 3 is 0.500 bits per heavy atom. The van der Waals surface area contributed by atoms with E-state index in [0.29, 0.717) is 0 Å². The third-order valence-corrected chi connectivity index (χ3v) is 30.6. The zero-order valence-corrected chi connectivity index (χ0v) is 70.4. The Hall–Kier alpha value is -8.40. The Labute approximate surface area is 693 Å². The Kier molecular flexibility index (Phi) is 32.1. The molecular weight excluding hydrogens is 2090 g/mol. The van der Waals surface area contributed by atoms with E-state index in [0.717, 1.165) is 77.2 Å². The van der Waals surface area contributed by atoms with Crippen LogP contribution in [-0.4, -0.2) is 33.8 Å². The van der Waals surface area contributed by atoms with Crippen molar-refractivity contribution in [3.8, 4) is 35.1 Å². The summed E-state index contributed by atoms with van der Waals surface area (Å²) in [6.45, 7) is 0. The van der Waals surface area contributed by atoms with Crippen LogP contribution in [0.2, 0.25) is 0 Å². The molecule has 0 aliphatic heterocycles. The van der Waals surface area contributed by atoms with Crippen molar-refractivity contribution in [2.24, 2.45) is 0 Å². The Morgan fingerprint density at radius 2 is 0.349 bits per heavy atom. The molecule has 14 aromatic carbocycles. The molecule has 0 N–H and O–H groups in total. The van der Waals surface area contributed by atoms with Crippen molar-refractivity contribution in [3.05, 3.63) is 424 Å². The second kappa shape index (κ2) is 41.6. The van der Waals surface area contributed by atoms with Crippen LogP contribution < -0.4 is 42.4 Å². The van der Waals surface area contributed by atoms with Crippen molar-refractivity contribution < 1.29 is 89.5 Å². The van der Waals surface area contributed by atoms with Gasteiger partial charge >= 0.3 is 89.5 Å². The fourth-order valence-electron chi connectivity index (χ4n) is 13.5. The molecule has 2 nitrogen and oxygen atoms in total. The minimum atomic E-state index is -0.783. The zero-order chi connectivity index (χ0) is 69.7. The quantitative estimate of drug-likeness (QED) is 0.0395. The summed E-state index contributed by atoms with van der Waals surface area (Å²) in [7, 11) is -3.13. The molecule has 0 bridgehead atoms. The summed E-state index contributed by atoms with van der Waals surface area (Å²) in [5, 5.41) is 16.3. The number of para-hydroxylation sites is 2. The molecule has 16 rings (SSSR count). The average molecular weight is 2170 g/mol. The number of aromatic nitrogens is 2. The molecule has 0 aliphatic carbocycles. The number of fused-ring (bicyclic) bond motifs is 6. The maximum atomic E-state index is 7.38. The van der Waals surface area contributed by atoms with Crippen molar-refractivity contribution in [2.45, 2.75) is 0 Å². The van der Waals surface area contributed by atoms with Gasteiger partial charge in [-0.2, -0.15) is 0 Å². The van der Waals surface area contributed by atoms with Crippen LogP contribution in [0.4, 0.5) is 0 Å². The van der Waals surface area contributed by atoms with E-state index in [-0.39, 0.29) is 89.5 Å². The van der Waals surface area contributed by atoms with Crippen LogP contribution in [0.3, 0.4) is 0 Å². The van der Waals surface area contributed by atoms with Gasteiger partial charge < -0.3 is 34.8 Å². The van der Waals surface area contributed by atoms with E-state index in [4.69, 9.17) is 25.7 Å². The molecule has 2 aromatic heterocycles. The molecule has 0 unspecified atom stereocenters. The minimum Gasteiger partial charge on any atom is -0.366 e. The third kappa shape index (κ3) is 20.2. The Bertz CT molecular complexity index is 4760. The smallest absolute Gasteiger partial charge is 0.366 e. The summed E-state index contributed by atoms with van der Waals surface area (Å²) in [6.07, 6.45) is 34.6. The first-order chi connectivity index (χ1) is 50.5. The van der Waals surface area contributed by atoms with Gasteiger partial charge in [-0.3, -0.25) is 23.7 Å². The molecule has 0 spiro atoms.